The van der Waals surface area contributed by atoms with Crippen molar-refractivity contribution in [3.63, 3.8) is 0 Å². The Labute approximate surface area is 114 Å². The molecule has 0 unspecified atom stereocenters. The molecule has 0 spiro atoms. The summed E-state index contributed by atoms with van der Waals surface area (Å²) < 4.78 is 25.9. The number of halogens is 2. The molecule has 0 aliphatic carbocycles. The summed E-state index contributed by atoms with van der Waals surface area (Å²) in [7, 11) is 0. The van der Waals surface area contributed by atoms with E-state index in [1.165, 1.54) is 23.9 Å². The second-order valence-corrected chi connectivity index (χ2v) is 5.14. The molecule has 4 heteroatoms. The first-order valence-corrected chi connectivity index (χ1v) is 6.76. The van der Waals surface area contributed by atoms with Crippen LogP contribution in [-0.4, -0.2) is 11.5 Å². The number of rotatable bonds is 5. The van der Waals surface area contributed by atoms with Crippen molar-refractivity contribution in [3.05, 3.63) is 65.7 Å². The third-order valence-electron chi connectivity index (χ3n) is 2.47. The fourth-order valence-corrected chi connectivity index (χ4v) is 2.45. The summed E-state index contributed by atoms with van der Waals surface area (Å²) in [6.07, 6.45) is 0.0501. The monoisotopic (exact) mass is 278 g/mol. The molecule has 0 atom stereocenters. The van der Waals surface area contributed by atoms with Gasteiger partial charge in [-0.05, 0) is 29.8 Å². The first-order chi connectivity index (χ1) is 9.13. The number of carbonyl (C=O) groups excluding carboxylic acids is 1. The van der Waals surface area contributed by atoms with Gasteiger partial charge >= 0.3 is 0 Å². The number of thioether (sulfide) groups is 1. The van der Waals surface area contributed by atoms with Crippen LogP contribution in [0.5, 0.6) is 0 Å². The molecule has 98 valence electrons. The Hall–Kier alpha value is -1.68. The quantitative estimate of drug-likeness (QED) is 0.772. The largest absolute Gasteiger partial charge is 0.298 e. The smallest absolute Gasteiger partial charge is 0.147 e. The number of hydrogen-bond acceptors (Lipinski definition) is 2. The van der Waals surface area contributed by atoms with Gasteiger partial charge in [0.05, 0.1) is 5.75 Å². The zero-order valence-electron chi connectivity index (χ0n) is 10.1. The van der Waals surface area contributed by atoms with E-state index in [4.69, 9.17) is 0 Å². The molecule has 0 heterocycles. The highest BCUT2D eigenvalue weighted by Gasteiger charge is 2.07. The minimum atomic E-state index is -0.654. The number of ketones is 1. The van der Waals surface area contributed by atoms with Gasteiger partial charge in [-0.2, -0.15) is 0 Å². The molecule has 0 radical (unpaired) electrons. The maximum Gasteiger partial charge on any atom is 0.147 e. The molecule has 0 saturated heterocycles. The molecule has 2 rings (SSSR count). The molecule has 2 aromatic rings. The summed E-state index contributed by atoms with van der Waals surface area (Å²) in [5.74, 6) is -1.07. The Morgan fingerprint density at radius 1 is 1.00 bits per heavy atom. The summed E-state index contributed by atoms with van der Waals surface area (Å²) in [4.78, 5) is 12.7. The average Bonchev–Trinajstić information content (AvgIpc) is 2.36. The van der Waals surface area contributed by atoms with Gasteiger partial charge in [-0.3, -0.25) is 4.79 Å². The number of benzene rings is 2. The van der Waals surface area contributed by atoms with Crippen LogP contribution in [0.1, 0.15) is 5.56 Å². The summed E-state index contributed by atoms with van der Waals surface area (Å²) >= 11 is 1.42. The minimum absolute atomic E-state index is 0.0501. The van der Waals surface area contributed by atoms with Crippen LogP contribution in [0.2, 0.25) is 0 Å². The van der Waals surface area contributed by atoms with Crippen molar-refractivity contribution in [2.75, 3.05) is 5.75 Å². The van der Waals surface area contributed by atoms with E-state index in [0.29, 0.717) is 11.3 Å². The van der Waals surface area contributed by atoms with E-state index in [2.05, 4.69) is 0 Å². The maximum absolute atomic E-state index is 13.0. The third-order valence-corrected chi connectivity index (χ3v) is 3.54. The van der Waals surface area contributed by atoms with Crippen molar-refractivity contribution in [2.24, 2.45) is 0 Å². The molecule has 19 heavy (non-hydrogen) atoms. The van der Waals surface area contributed by atoms with Gasteiger partial charge < -0.3 is 0 Å². The number of hydrogen-bond donors (Lipinski definition) is 0. The van der Waals surface area contributed by atoms with Gasteiger partial charge in [0, 0.05) is 17.4 Å². The molecule has 0 saturated carbocycles. The summed E-state index contributed by atoms with van der Waals surface area (Å²) in [6, 6.07) is 12.7. The highest BCUT2D eigenvalue weighted by molar-refractivity contribution is 8.00. The van der Waals surface area contributed by atoms with Crippen LogP contribution in [0, 0.1) is 11.6 Å². The molecule has 2 aromatic carbocycles. The Kier molecular flexibility index (Phi) is 4.68. The summed E-state index contributed by atoms with van der Waals surface area (Å²) in [5, 5.41) is 0. The van der Waals surface area contributed by atoms with Crippen LogP contribution in [0.25, 0.3) is 0 Å². The lowest BCUT2D eigenvalue weighted by Crippen LogP contribution is -2.06. The Bertz CT molecular complexity index is 549. The molecule has 0 aromatic heterocycles. The highest BCUT2D eigenvalue weighted by Crippen LogP contribution is 2.18. The average molecular weight is 278 g/mol. The lowest BCUT2D eigenvalue weighted by molar-refractivity contribution is -0.116. The zero-order valence-corrected chi connectivity index (χ0v) is 10.9. The predicted molar refractivity (Wildman–Crippen MR) is 72.2 cm³/mol. The van der Waals surface area contributed by atoms with Gasteiger partial charge in [-0.1, -0.05) is 18.2 Å². The lowest BCUT2D eigenvalue weighted by atomic mass is 10.1. The third kappa shape index (κ3) is 4.48. The molecule has 0 fully saturated rings. The zero-order chi connectivity index (χ0) is 13.7. The van der Waals surface area contributed by atoms with Crippen LogP contribution >= 0.6 is 11.8 Å². The molecular weight excluding hydrogens is 266 g/mol. The van der Waals surface area contributed by atoms with Crippen molar-refractivity contribution in [2.45, 2.75) is 11.3 Å². The van der Waals surface area contributed by atoms with E-state index in [9.17, 15) is 13.6 Å². The first kappa shape index (κ1) is 13.7. The Morgan fingerprint density at radius 3 is 2.26 bits per heavy atom. The second-order valence-electron chi connectivity index (χ2n) is 4.09. The van der Waals surface area contributed by atoms with E-state index >= 15 is 0 Å². The number of carbonyl (C=O) groups is 1. The summed E-state index contributed by atoms with van der Waals surface area (Å²) in [6.45, 7) is 0. The van der Waals surface area contributed by atoms with Crippen LogP contribution in [0.15, 0.2) is 53.4 Å². The minimum Gasteiger partial charge on any atom is -0.298 e. The van der Waals surface area contributed by atoms with E-state index < -0.39 is 11.6 Å². The lowest BCUT2D eigenvalue weighted by Gasteiger charge is -2.03. The van der Waals surface area contributed by atoms with Crippen LogP contribution in [-0.2, 0) is 11.2 Å². The van der Waals surface area contributed by atoms with Crippen LogP contribution in [0.4, 0.5) is 8.78 Å². The van der Waals surface area contributed by atoms with E-state index in [1.807, 2.05) is 30.3 Å². The molecule has 0 amide bonds. The summed E-state index contributed by atoms with van der Waals surface area (Å²) in [5.41, 5.74) is 0.371. The molecule has 0 bridgehead atoms. The van der Waals surface area contributed by atoms with Crippen molar-refractivity contribution in [1.29, 1.82) is 0 Å². The van der Waals surface area contributed by atoms with E-state index in [0.717, 1.165) is 11.0 Å². The van der Waals surface area contributed by atoms with Crippen molar-refractivity contribution < 1.29 is 13.6 Å². The van der Waals surface area contributed by atoms with Gasteiger partial charge in [0.15, 0.2) is 0 Å². The first-order valence-electron chi connectivity index (χ1n) is 5.78. The predicted octanol–water partition coefficient (Wildman–Crippen LogP) is 3.87. The van der Waals surface area contributed by atoms with E-state index in [-0.39, 0.29) is 12.2 Å². The fourth-order valence-electron chi connectivity index (χ4n) is 1.67. The Balaban J connectivity index is 1.91. The van der Waals surface area contributed by atoms with Gasteiger partial charge in [0.25, 0.3) is 0 Å². The van der Waals surface area contributed by atoms with Crippen molar-refractivity contribution in [1.82, 2.24) is 0 Å². The molecule has 1 nitrogen and oxygen atoms in total. The maximum atomic E-state index is 13.0. The van der Waals surface area contributed by atoms with Crippen LogP contribution < -0.4 is 0 Å². The second kappa shape index (κ2) is 6.48. The fraction of sp³-hybridized carbons (Fsp3) is 0.133. The molecule has 0 aliphatic heterocycles. The van der Waals surface area contributed by atoms with Gasteiger partial charge in [-0.25, -0.2) is 8.78 Å². The topological polar surface area (TPSA) is 17.1 Å². The van der Waals surface area contributed by atoms with Crippen molar-refractivity contribution in [3.8, 4) is 0 Å². The van der Waals surface area contributed by atoms with Gasteiger partial charge in [0.2, 0.25) is 0 Å². The molecule has 0 aliphatic rings. The molecular formula is C15H12F2OS. The standard InChI is InChI=1S/C15H12F2OS/c16-12-6-11(7-13(17)9-12)8-14(18)10-19-15-4-2-1-3-5-15/h1-7,9H,8,10H2. The van der Waals surface area contributed by atoms with Crippen molar-refractivity contribution >= 4 is 17.5 Å². The molecule has 0 N–H and O–H groups in total. The van der Waals surface area contributed by atoms with E-state index in [1.54, 1.807) is 0 Å². The number of Topliss-reactive ketones (excluding diaryl/α,β-unsaturated/α-hetero) is 1. The van der Waals surface area contributed by atoms with Crippen LogP contribution in [0.3, 0.4) is 0 Å². The highest BCUT2D eigenvalue weighted by atomic mass is 32.2. The van der Waals surface area contributed by atoms with Gasteiger partial charge in [-0.15, -0.1) is 11.8 Å². The Morgan fingerprint density at radius 2 is 1.63 bits per heavy atom. The SMILES string of the molecule is O=C(CSc1ccccc1)Cc1cc(F)cc(F)c1. The normalized spacial score (nSPS) is 10.4. The van der Waals surface area contributed by atoms with Gasteiger partial charge in [0.1, 0.15) is 17.4 Å².